The van der Waals surface area contributed by atoms with Crippen molar-refractivity contribution in [2.45, 2.75) is 11.4 Å². The van der Waals surface area contributed by atoms with E-state index in [2.05, 4.69) is 26.0 Å². The highest BCUT2D eigenvalue weighted by Crippen LogP contribution is 2.33. The molecule has 5 nitrogen and oxygen atoms in total. The summed E-state index contributed by atoms with van der Waals surface area (Å²) in [5, 5.41) is 3.00. The molecule has 0 aliphatic heterocycles. The number of thiophene rings is 1. The lowest BCUT2D eigenvalue weighted by Crippen LogP contribution is -2.12. The highest BCUT2D eigenvalue weighted by atomic mass is 79.9. The molecule has 21 heavy (non-hydrogen) atoms. The lowest BCUT2D eigenvalue weighted by molar-refractivity contribution is 0.415. The van der Waals surface area contributed by atoms with E-state index in [1.165, 1.54) is 11.3 Å². The zero-order valence-corrected chi connectivity index (χ0v) is 14.7. The molecule has 0 amide bonds. The van der Waals surface area contributed by atoms with Crippen LogP contribution in [0.1, 0.15) is 4.88 Å². The molecule has 0 saturated heterocycles. The first-order chi connectivity index (χ1) is 9.96. The molecule has 0 saturated carbocycles. The van der Waals surface area contributed by atoms with Gasteiger partial charge in [0.15, 0.2) is 0 Å². The maximum atomic E-state index is 12.4. The molecule has 0 aliphatic carbocycles. The molecular weight excluding hydrogens is 376 g/mol. The summed E-state index contributed by atoms with van der Waals surface area (Å²) in [6.07, 6.45) is 0. The van der Waals surface area contributed by atoms with Gasteiger partial charge in [0.1, 0.15) is 10.6 Å². The highest BCUT2D eigenvalue weighted by Gasteiger charge is 2.21. The summed E-state index contributed by atoms with van der Waals surface area (Å²) in [4.78, 5) is 1.19. The van der Waals surface area contributed by atoms with E-state index in [9.17, 15) is 8.42 Å². The summed E-state index contributed by atoms with van der Waals surface area (Å²) in [5.41, 5.74) is 0.490. The van der Waals surface area contributed by atoms with Crippen molar-refractivity contribution in [3.8, 4) is 5.75 Å². The van der Waals surface area contributed by atoms with E-state index in [0.29, 0.717) is 21.8 Å². The van der Waals surface area contributed by atoms with Crippen molar-refractivity contribution >= 4 is 43.0 Å². The molecule has 0 fully saturated rings. The van der Waals surface area contributed by atoms with Gasteiger partial charge in [-0.3, -0.25) is 4.72 Å². The topological polar surface area (TPSA) is 67.4 Å². The molecule has 8 heteroatoms. The van der Waals surface area contributed by atoms with Crippen LogP contribution in [0.2, 0.25) is 0 Å². The maximum absolute atomic E-state index is 12.4. The number of halogens is 1. The standard InChI is InChI=1S/C13H15BrN2O3S2/c1-15-8-11-7-12(13(14)20-11)21(17,18)16-9-3-5-10(19-2)6-4-9/h3-7,15-16H,8H2,1-2H3. The SMILES string of the molecule is CNCc1cc(S(=O)(=O)Nc2ccc(OC)cc2)c(Br)s1. The third-order valence-electron chi connectivity index (χ3n) is 2.69. The molecule has 0 radical (unpaired) electrons. The van der Waals surface area contributed by atoms with Gasteiger partial charge in [0.2, 0.25) is 0 Å². The average Bonchev–Trinajstić information content (AvgIpc) is 2.81. The molecule has 2 N–H and O–H groups in total. The first-order valence-electron chi connectivity index (χ1n) is 6.06. The first kappa shape index (κ1) is 16.3. The van der Waals surface area contributed by atoms with E-state index in [4.69, 9.17) is 4.74 Å². The van der Waals surface area contributed by atoms with Gasteiger partial charge in [0.25, 0.3) is 10.0 Å². The van der Waals surface area contributed by atoms with E-state index in [-0.39, 0.29) is 4.90 Å². The van der Waals surface area contributed by atoms with Crippen molar-refractivity contribution < 1.29 is 13.2 Å². The second-order valence-electron chi connectivity index (χ2n) is 4.21. The van der Waals surface area contributed by atoms with Gasteiger partial charge in [-0.2, -0.15) is 0 Å². The Hall–Kier alpha value is -1.09. The lowest BCUT2D eigenvalue weighted by Gasteiger charge is -2.08. The van der Waals surface area contributed by atoms with Gasteiger partial charge < -0.3 is 10.1 Å². The van der Waals surface area contributed by atoms with Crippen LogP contribution in [-0.4, -0.2) is 22.6 Å². The van der Waals surface area contributed by atoms with Gasteiger partial charge in [-0.1, -0.05) is 0 Å². The van der Waals surface area contributed by atoms with Crippen LogP contribution in [0.15, 0.2) is 39.0 Å². The van der Waals surface area contributed by atoms with E-state index in [1.807, 2.05) is 7.05 Å². The molecule has 0 atom stereocenters. The summed E-state index contributed by atoms with van der Waals surface area (Å²) in [7, 11) is -0.239. The Morgan fingerprint density at radius 1 is 1.29 bits per heavy atom. The summed E-state index contributed by atoms with van der Waals surface area (Å²) in [6, 6.07) is 8.38. The summed E-state index contributed by atoms with van der Waals surface area (Å²) >= 11 is 4.71. The highest BCUT2D eigenvalue weighted by molar-refractivity contribution is 9.11. The number of sulfonamides is 1. The second-order valence-corrected chi connectivity index (χ2v) is 8.32. The molecule has 1 heterocycles. The van der Waals surface area contributed by atoms with E-state index in [0.717, 1.165) is 4.88 Å². The molecule has 0 aliphatic rings. The average molecular weight is 391 g/mol. The third kappa shape index (κ3) is 3.97. The van der Waals surface area contributed by atoms with E-state index >= 15 is 0 Å². The van der Waals surface area contributed by atoms with Crippen LogP contribution in [0.5, 0.6) is 5.75 Å². The van der Waals surface area contributed by atoms with Crippen LogP contribution >= 0.6 is 27.3 Å². The number of anilines is 1. The van der Waals surface area contributed by atoms with Gasteiger partial charge >= 0.3 is 0 Å². The fourth-order valence-electron chi connectivity index (χ4n) is 1.71. The minimum atomic E-state index is -3.62. The van der Waals surface area contributed by atoms with Crippen molar-refractivity contribution in [2.75, 3.05) is 18.9 Å². The Morgan fingerprint density at radius 2 is 1.95 bits per heavy atom. The first-order valence-corrected chi connectivity index (χ1v) is 9.15. The number of methoxy groups -OCH3 is 1. The minimum Gasteiger partial charge on any atom is -0.497 e. The molecule has 2 aromatic rings. The van der Waals surface area contributed by atoms with Gasteiger partial charge in [-0.25, -0.2) is 8.42 Å². The van der Waals surface area contributed by atoms with Crippen LogP contribution in [0.25, 0.3) is 0 Å². The number of rotatable bonds is 6. The summed E-state index contributed by atoms with van der Waals surface area (Å²) in [5.74, 6) is 0.672. The fraction of sp³-hybridized carbons (Fsp3) is 0.231. The van der Waals surface area contributed by atoms with Gasteiger partial charge in [0.05, 0.1) is 10.9 Å². The number of nitrogens with one attached hydrogen (secondary N) is 2. The summed E-state index contributed by atoms with van der Waals surface area (Å²) < 4.78 is 33.0. The molecule has 0 bridgehead atoms. The Bertz CT molecular complexity index is 712. The van der Waals surface area contributed by atoms with Crippen LogP contribution in [0.3, 0.4) is 0 Å². The Labute approximate surface area is 136 Å². The molecular formula is C13H15BrN2O3S2. The van der Waals surface area contributed by atoms with E-state index < -0.39 is 10.0 Å². The zero-order chi connectivity index (χ0) is 15.5. The van der Waals surface area contributed by atoms with Crippen LogP contribution in [0.4, 0.5) is 5.69 Å². The monoisotopic (exact) mass is 390 g/mol. The van der Waals surface area contributed by atoms with Crippen molar-refractivity contribution in [3.63, 3.8) is 0 Å². The van der Waals surface area contributed by atoms with Gasteiger partial charge in [-0.05, 0) is 53.3 Å². The van der Waals surface area contributed by atoms with Gasteiger partial charge in [0, 0.05) is 17.1 Å². The normalized spacial score (nSPS) is 11.4. The number of ether oxygens (including phenoxy) is 1. The van der Waals surface area contributed by atoms with Crippen LogP contribution < -0.4 is 14.8 Å². The predicted molar refractivity (Wildman–Crippen MR) is 88.6 cm³/mol. The van der Waals surface area contributed by atoms with E-state index in [1.54, 1.807) is 37.4 Å². The molecule has 114 valence electrons. The summed E-state index contributed by atoms with van der Waals surface area (Å²) in [6.45, 7) is 0.626. The van der Waals surface area contributed by atoms with Crippen molar-refractivity contribution in [3.05, 3.63) is 39.0 Å². The molecule has 0 spiro atoms. The Balaban J connectivity index is 2.24. The quantitative estimate of drug-likeness (QED) is 0.795. The molecule has 0 unspecified atom stereocenters. The third-order valence-corrected chi connectivity index (χ3v) is 6.32. The number of benzene rings is 1. The maximum Gasteiger partial charge on any atom is 0.263 e. The van der Waals surface area contributed by atoms with Crippen molar-refractivity contribution in [1.29, 1.82) is 0 Å². The fourth-order valence-corrected chi connectivity index (χ4v) is 5.47. The largest absolute Gasteiger partial charge is 0.497 e. The Morgan fingerprint density at radius 3 is 2.52 bits per heavy atom. The second kappa shape index (κ2) is 6.78. The van der Waals surface area contributed by atoms with Gasteiger partial charge in [-0.15, -0.1) is 11.3 Å². The number of hydrogen-bond acceptors (Lipinski definition) is 5. The smallest absolute Gasteiger partial charge is 0.263 e. The van der Waals surface area contributed by atoms with Crippen molar-refractivity contribution in [2.24, 2.45) is 0 Å². The van der Waals surface area contributed by atoms with Crippen LogP contribution in [-0.2, 0) is 16.6 Å². The molecule has 1 aromatic heterocycles. The van der Waals surface area contributed by atoms with Crippen LogP contribution in [0, 0.1) is 0 Å². The lowest BCUT2D eigenvalue weighted by atomic mass is 10.3. The number of hydrogen-bond donors (Lipinski definition) is 2. The molecule has 1 aromatic carbocycles. The molecule has 2 rings (SSSR count). The Kier molecular flexibility index (Phi) is 5.26. The zero-order valence-electron chi connectivity index (χ0n) is 11.5. The van der Waals surface area contributed by atoms with Crippen molar-refractivity contribution in [1.82, 2.24) is 5.32 Å². The minimum absolute atomic E-state index is 0.244. The predicted octanol–water partition coefficient (Wildman–Crippen LogP) is 3.04.